The first kappa shape index (κ1) is 26.6. The lowest BCUT2D eigenvalue weighted by Gasteiger charge is -2.14. The molecule has 2 aromatic carbocycles. The normalized spacial score (nSPS) is 11.2. The molecule has 0 atom stereocenters. The van der Waals surface area contributed by atoms with E-state index in [9.17, 15) is 9.18 Å². The van der Waals surface area contributed by atoms with Crippen LogP contribution in [0.3, 0.4) is 0 Å². The molecule has 0 bridgehead atoms. The minimum Gasteiger partial charge on any atom is -0.457 e. The molecule has 0 unspecified atom stereocenters. The van der Waals surface area contributed by atoms with E-state index in [4.69, 9.17) is 14.9 Å². The second-order valence-electron chi connectivity index (χ2n) is 9.73. The molecule has 0 aliphatic heterocycles. The summed E-state index contributed by atoms with van der Waals surface area (Å²) in [5.74, 6) is 0.620. The number of rotatable bonds is 8. The number of carbonyl (C=O) groups excluding carboxylic acids is 1. The second-order valence-corrected chi connectivity index (χ2v) is 9.73. The van der Waals surface area contributed by atoms with Gasteiger partial charge < -0.3 is 20.5 Å². The van der Waals surface area contributed by atoms with E-state index in [0.29, 0.717) is 23.9 Å². The average molecular weight is 519 g/mol. The number of aryl methyl sites for hydroxylation is 1. The van der Waals surface area contributed by atoms with Crippen LogP contribution in [0.2, 0.25) is 0 Å². The SMILES string of the molecule is Cc1cc(Oc2ccc(NC(=O)Nc3cc(C(C)(C)C)nn3-c3ccc(NCCO)cc3)c(F)c2)ccn1. The van der Waals surface area contributed by atoms with Crippen LogP contribution in [-0.4, -0.2) is 39.1 Å². The van der Waals surface area contributed by atoms with Crippen molar-refractivity contribution in [2.75, 3.05) is 29.1 Å². The van der Waals surface area contributed by atoms with E-state index in [2.05, 4.69) is 20.9 Å². The van der Waals surface area contributed by atoms with Gasteiger partial charge >= 0.3 is 6.03 Å². The van der Waals surface area contributed by atoms with Crippen LogP contribution in [0.1, 0.15) is 32.2 Å². The summed E-state index contributed by atoms with van der Waals surface area (Å²) in [5.41, 5.74) is 2.86. The average Bonchev–Trinajstić information content (AvgIpc) is 3.29. The molecule has 0 saturated carbocycles. The fraction of sp³-hybridized carbons (Fsp3) is 0.250. The fourth-order valence-electron chi connectivity index (χ4n) is 3.60. The van der Waals surface area contributed by atoms with Crippen molar-refractivity contribution in [1.29, 1.82) is 0 Å². The summed E-state index contributed by atoms with van der Waals surface area (Å²) >= 11 is 0. The van der Waals surface area contributed by atoms with Crippen molar-refractivity contribution in [2.24, 2.45) is 0 Å². The number of urea groups is 1. The molecule has 4 N–H and O–H groups in total. The monoisotopic (exact) mass is 518 g/mol. The quantitative estimate of drug-likeness (QED) is 0.233. The van der Waals surface area contributed by atoms with Crippen LogP contribution in [0, 0.1) is 12.7 Å². The van der Waals surface area contributed by atoms with Crippen molar-refractivity contribution in [1.82, 2.24) is 14.8 Å². The number of hydrogen-bond donors (Lipinski definition) is 4. The van der Waals surface area contributed by atoms with Crippen LogP contribution in [0.5, 0.6) is 11.5 Å². The van der Waals surface area contributed by atoms with Gasteiger partial charge in [-0.1, -0.05) is 20.8 Å². The Kier molecular flexibility index (Phi) is 7.92. The zero-order chi connectivity index (χ0) is 27.3. The third kappa shape index (κ3) is 6.65. The van der Waals surface area contributed by atoms with E-state index in [1.54, 1.807) is 35.1 Å². The number of anilines is 3. The Balaban J connectivity index is 1.50. The molecule has 10 heteroatoms. The lowest BCUT2D eigenvalue weighted by atomic mass is 9.92. The molecule has 0 radical (unpaired) electrons. The molecule has 198 valence electrons. The van der Waals surface area contributed by atoms with E-state index < -0.39 is 11.8 Å². The number of aromatic nitrogens is 3. The number of nitrogens with zero attached hydrogens (tertiary/aromatic N) is 3. The first-order valence-corrected chi connectivity index (χ1v) is 12.2. The van der Waals surface area contributed by atoms with Gasteiger partial charge in [-0.3, -0.25) is 10.3 Å². The Bertz CT molecular complexity index is 1410. The number of ether oxygens (including phenoxy) is 1. The summed E-state index contributed by atoms with van der Waals surface area (Å²) in [6, 6.07) is 16.2. The van der Waals surface area contributed by atoms with E-state index >= 15 is 0 Å². The van der Waals surface area contributed by atoms with Gasteiger partial charge in [-0.15, -0.1) is 0 Å². The molecular weight excluding hydrogens is 487 g/mol. The standard InChI is InChI=1S/C28H31FN6O3/c1-18-15-22(11-12-30-18)38-21-9-10-24(23(29)16-21)32-27(37)33-26-17-25(28(2,3)4)34-35(26)20-7-5-19(6-8-20)31-13-14-36/h5-12,15-17,31,36H,13-14H2,1-4H3,(H2,32,33,37). The molecule has 0 aliphatic carbocycles. The van der Waals surface area contributed by atoms with Crippen molar-refractivity contribution < 1.29 is 19.0 Å². The Morgan fingerprint density at radius 1 is 1.03 bits per heavy atom. The van der Waals surface area contributed by atoms with Gasteiger partial charge in [0.25, 0.3) is 0 Å². The predicted octanol–water partition coefficient (Wildman–Crippen LogP) is 5.85. The summed E-state index contributed by atoms with van der Waals surface area (Å²) in [7, 11) is 0. The topological polar surface area (TPSA) is 113 Å². The second kappa shape index (κ2) is 11.3. The first-order chi connectivity index (χ1) is 18.1. The molecule has 0 saturated heterocycles. The zero-order valence-corrected chi connectivity index (χ0v) is 21.7. The molecule has 2 aromatic heterocycles. The number of pyridine rings is 1. The molecule has 9 nitrogen and oxygen atoms in total. The van der Waals surface area contributed by atoms with Gasteiger partial charge in [0.15, 0.2) is 0 Å². The highest BCUT2D eigenvalue weighted by Crippen LogP contribution is 2.28. The molecule has 0 aliphatic rings. The Morgan fingerprint density at radius 3 is 2.42 bits per heavy atom. The van der Waals surface area contributed by atoms with Gasteiger partial charge in [0.2, 0.25) is 0 Å². The molecule has 2 amide bonds. The Labute approximate surface area is 220 Å². The third-order valence-corrected chi connectivity index (χ3v) is 5.56. The Hall–Kier alpha value is -4.44. The summed E-state index contributed by atoms with van der Waals surface area (Å²) < 4.78 is 22.1. The zero-order valence-electron chi connectivity index (χ0n) is 21.7. The molecule has 4 aromatic rings. The number of halogens is 1. The number of aliphatic hydroxyl groups is 1. The van der Waals surface area contributed by atoms with Crippen molar-refractivity contribution in [2.45, 2.75) is 33.1 Å². The van der Waals surface area contributed by atoms with Gasteiger partial charge in [-0.05, 0) is 49.4 Å². The largest absolute Gasteiger partial charge is 0.457 e. The highest BCUT2D eigenvalue weighted by atomic mass is 19.1. The van der Waals surface area contributed by atoms with Crippen molar-refractivity contribution in [3.05, 3.63) is 84.1 Å². The van der Waals surface area contributed by atoms with Crippen molar-refractivity contribution in [3.63, 3.8) is 0 Å². The maximum atomic E-state index is 14.8. The van der Waals surface area contributed by atoms with Gasteiger partial charge in [0.1, 0.15) is 23.1 Å². The third-order valence-electron chi connectivity index (χ3n) is 5.56. The van der Waals surface area contributed by atoms with Crippen LogP contribution >= 0.6 is 0 Å². The van der Waals surface area contributed by atoms with Gasteiger partial charge in [-0.2, -0.15) is 5.10 Å². The molecule has 38 heavy (non-hydrogen) atoms. The number of nitrogens with one attached hydrogen (secondary N) is 3. The molecule has 0 spiro atoms. The minimum atomic E-state index is -0.640. The Morgan fingerprint density at radius 2 is 1.76 bits per heavy atom. The lowest BCUT2D eigenvalue weighted by molar-refractivity contribution is 0.262. The van der Waals surface area contributed by atoms with E-state index in [0.717, 1.165) is 22.8 Å². The maximum absolute atomic E-state index is 14.8. The van der Waals surface area contributed by atoms with Crippen LogP contribution in [0.4, 0.5) is 26.4 Å². The maximum Gasteiger partial charge on any atom is 0.324 e. The lowest BCUT2D eigenvalue weighted by Crippen LogP contribution is -2.22. The summed E-state index contributed by atoms with van der Waals surface area (Å²) in [4.78, 5) is 17.0. The molecule has 2 heterocycles. The van der Waals surface area contributed by atoms with E-state index in [-0.39, 0.29) is 17.7 Å². The molecule has 4 rings (SSSR count). The number of hydrogen-bond acceptors (Lipinski definition) is 6. The molecule has 0 fully saturated rings. The van der Waals surface area contributed by atoms with Gasteiger partial charge in [0, 0.05) is 47.7 Å². The predicted molar refractivity (Wildman–Crippen MR) is 146 cm³/mol. The number of carbonyl (C=O) groups is 1. The van der Waals surface area contributed by atoms with E-state index in [1.807, 2.05) is 52.0 Å². The number of amides is 2. The highest BCUT2D eigenvalue weighted by Gasteiger charge is 2.22. The number of aliphatic hydroxyl groups excluding tert-OH is 1. The van der Waals surface area contributed by atoms with Crippen molar-refractivity contribution >= 4 is 23.2 Å². The van der Waals surface area contributed by atoms with Crippen LogP contribution in [0.15, 0.2) is 66.9 Å². The van der Waals surface area contributed by atoms with Crippen LogP contribution in [-0.2, 0) is 5.41 Å². The van der Waals surface area contributed by atoms with Gasteiger partial charge in [0.05, 0.1) is 23.7 Å². The van der Waals surface area contributed by atoms with Gasteiger partial charge in [-0.25, -0.2) is 13.9 Å². The van der Waals surface area contributed by atoms with E-state index in [1.165, 1.54) is 12.1 Å². The summed E-state index contributed by atoms with van der Waals surface area (Å²) in [6.07, 6.45) is 1.61. The van der Waals surface area contributed by atoms with Crippen LogP contribution in [0.25, 0.3) is 5.69 Å². The fourth-order valence-corrected chi connectivity index (χ4v) is 3.60. The smallest absolute Gasteiger partial charge is 0.324 e. The summed E-state index contributed by atoms with van der Waals surface area (Å²) in [5, 5.41) is 22.1. The molecular formula is C28H31FN6O3. The minimum absolute atomic E-state index is 0.00202. The highest BCUT2D eigenvalue weighted by molar-refractivity contribution is 5.99. The summed E-state index contributed by atoms with van der Waals surface area (Å²) in [6.45, 7) is 8.38. The first-order valence-electron chi connectivity index (χ1n) is 12.2. The van der Waals surface area contributed by atoms with Crippen LogP contribution < -0.4 is 20.7 Å². The van der Waals surface area contributed by atoms with Crippen molar-refractivity contribution in [3.8, 4) is 17.2 Å². The number of benzene rings is 2.